The number of amidine groups is 1. The Morgan fingerprint density at radius 2 is 2.19 bits per heavy atom. The van der Waals surface area contributed by atoms with Crippen LogP contribution >= 0.6 is 0 Å². The fourth-order valence-electron chi connectivity index (χ4n) is 2.65. The zero-order chi connectivity index (χ0) is 15.5. The number of benzene rings is 1. The molecular weight excluding hydrogens is 270 g/mol. The fourth-order valence-corrected chi connectivity index (χ4v) is 2.65. The molecule has 3 N–H and O–H groups in total. The van der Waals surface area contributed by atoms with Crippen LogP contribution in [0, 0.1) is 0 Å². The summed E-state index contributed by atoms with van der Waals surface area (Å²) in [6.45, 7) is 4.82. The van der Waals surface area contributed by atoms with Gasteiger partial charge in [-0.1, -0.05) is 17.3 Å². The molecule has 0 bridgehead atoms. The Hall–Kier alpha value is -2.24. The highest BCUT2D eigenvalue weighted by Gasteiger charge is 2.35. The number of carbonyl (C=O) groups is 1. The van der Waals surface area contributed by atoms with Crippen molar-refractivity contribution in [2.75, 3.05) is 13.2 Å². The van der Waals surface area contributed by atoms with Crippen molar-refractivity contribution in [3.8, 4) is 5.75 Å². The van der Waals surface area contributed by atoms with Crippen molar-refractivity contribution in [2.45, 2.75) is 32.2 Å². The van der Waals surface area contributed by atoms with Crippen molar-refractivity contribution in [1.82, 2.24) is 4.90 Å². The van der Waals surface area contributed by atoms with E-state index in [-0.39, 0.29) is 23.9 Å². The number of ether oxygens (including phenoxy) is 1. The number of rotatable bonds is 4. The first-order valence-corrected chi connectivity index (χ1v) is 6.96. The lowest BCUT2D eigenvalue weighted by Crippen LogP contribution is -2.44. The summed E-state index contributed by atoms with van der Waals surface area (Å²) in [6, 6.07) is 6.89. The van der Waals surface area contributed by atoms with Gasteiger partial charge < -0.3 is 20.6 Å². The second kappa shape index (κ2) is 6.03. The predicted octanol–water partition coefficient (Wildman–Crippen LogP) is 1.56. The number of para-hydroxylation sites is 1. The van der Waals surface area contributed by atoms with Crippen molar-refractivity contribution in [1.29, 1.82) is 0 Å². The van der Waals surface area contributed by atoms with Gasteiger partial charge in [-0.05, 0) is 38.8 Å². The number of oxime groups is 1. The molecule has 0 saturated carbocycles. The Kier molecular flexibility index (Phi) is 4.35. The Balaban J connectivity index is 2.05. The first-order valence-electron chi connectivity index (χ1n) is 6.96. The zero-order valence-electron chi connectivity index (χ0n) is 12.4. The van der Waals surface area contributed by atoms with E-state index in [1.807, 2.05) is 4.90 Å². The van der Waals surface area contributed by atoms with E-state index in [4.69, 9.17) is 15.7 Å². The van der Waals surface area contributed by atoms with E-state index < -0.39 is 0 Å². The van der Waals surface area contributed by atoms with E-state index in [1.165, 1.54) is 0 Å². The van der Waals surface area contributed by atoms with Crippen LogP contribution in [0.3, 0.4) is 0 Å². The molecule has 1 aliphatic rings. The monoisotopic (exact) mass is 291 g/mol. The van der Waals surface area contributed by atoms with Crippen LogP contribution in [0.25, 0.3) is 0 Å². The van der Waals surface area contributed by atoms with Crippen LogP contribution in [-0.2, 0) is 4.79 Å². The minimum Gasteiger partial charge on any atom is -0.483 e. The summed E-state index contributed by atoms with van der Waals surface area (Å²) in [5.74, 6) is 0.338. The number of carbonyl (C=O) groups excluding carboxylic acids is 1. The van der Waals surface area contributed by atoms with Gasteiger partial charge in [0.25, 0.3) is 5.91 Å². The van der Waals surface area contributed by atoms with E-state index in [9.17, 15) is 4.79 Å². The van der Waals surface area contributed by atoms with Gasteiger partial charge in [0.05, 0.1) is 5.56 Å². The average molecular weight is 291 g/mol. The predicted molar refractivity (Wildman–Crippen MR) is 79.5 cm³/mol. The molecule has 1 aromatic rings. The third-order valence-corrected chi connectivity index (χ3v) is 3.82. The summed E-state index contributed by atoms with van der Waals surface area (Å²) in [7, 11) is 0. The maximum atomic E-state index is 12.3. The number of amides is 1. The number of nitrogens with zero attached hydrogens (tertiary/aromatic N) is 2. The second-order valence-corrected chi connectivity index (χ2v) is 5.73. The summed E-state index contributed by atoms with van der Waals surface area (Å²) in [5, 5.41) is 11.7. The number of likely N-dealkylation sites (tertiary alicyclic amines) is 1. The van der Waals surface area contributed by atoms with Gasteiger partial charge in [0.1, 0.15) is 5.75 Å². The molecule has 1 saturated heterocycles. The molecule has 1 heterocycles. The molecule has 0 unspecified atom stereocenters. The van der Waals surface area contributed by atoms with Crippen LogP contribution in [0.1, 0.15) is 32.3 Å². The Bertz CT molecular complexity index is 555. The van der Waals surface area contributed by atoms with Gasteiger partial charge in [-0.3, -0.25) is 4.79 Å². The molecule has 1 aromatic carbocycles. The highest BCUT2D eigenvalue weighted by Crippen LogP contribution is 2.28. The van der Waals surface area contributed by atoms with E-state index in [0.29, 0.717) is 11.3 Å². The molecule has 2 rings (SSSR count). The van der Waals surface area contributed by atoms with Gasteiger partial charge in [-0.15, -0.1) is 0 Å². The average Bonchev–Trinajstić information content (AvgIpc) is 2.83. The van der Waals surface area contributed by atoms with Crippen molar-refractivity contribution in [3.63, 3.8) is 0 Å². The lowest BCUT2D eigenvalue weighted by Gasteiger charge is -2.31. The molecule has 1 amide bonds. The molecule has 6 nitrogen and oxygen atoms in total. The zero-order valence-corrected chi connectivity index (χ0v) is 12.4. The molecule has 6 heteroatoms. The minimum absolute atomic E-state index is 0.0421. The number of nitrogens with two attached hydrogens (primary N) is 1. The van der Waals surface area contributed by atoms with Gasteiger partial charge in [0, 0.05) is 12.1 Å². The summed E-state index contributed by atoms with van der Waals surface area (Å²) >= 11 is 0. The molecule has 114 valence electrons. The molecule has 1 fully saturated rings. The normalized spacial score (nSPS) is 17.8. The third-order valence-electron chi connectivity index (χ3n) is 3.82. The van der Waals surface area contributed by atoms with Crippen LogP contribution in [-0.4, -0.2) is 40.5 Å². The maximum absolute atomic E-state index is 12.3. The van der Waals surface area contributed by atoms with E-state index in [0.717, 1.165) is 19.4 Å². The van der Waals surface area contributed by atoms with Crippen molar-refractivity contribution < 1.29 is 14.7 Å². The van der Waals surface area contributed by atoms with Crippen LogP contribution in [0.15, 0.2) is 29.4 Å². The van der Waals surface area contributed by atoms with Crippen molar-refractivity contribution in [3.05, 3.63) is 29.8 Å². The molecule has 0 radical (unpaired) electrons. The van der Waals surface area contributed by atoms with Gasteiger partial charge in [-0.2, -0.15) is 0 Å². The topological polar surface area (TPSA) is 88.2 Å². The first kappa shape index (κ1) is 15.2. The van der Waals surface area contributed by atoms with Crippen LogP contribution in [0.5, 0.6) is 5.75 Å². The highest BCUT2D eigenvalue weighted by molar-refractivity contribution is 5.99. The quantitative estimate of drug-likeness (QED) is 0.381. The standard InChI is InChI=1S/C15H21N3O3/c1-15(2)8-5-9-18(15)13(19)10-21-12-7-4-3-6-11(12)14(16)17-20/h3-4,6-7,20H,5,8-10H2,1-2H3,(H2,16,17). The second-order valence-electron chi connectivity index (χ2n) is 5.73. The van der Waals surface area contributed by atoms with Crippen LogP contribution in [0.2, 0.25) is 0 Å². The minimum atomic E-state index is -0.119. The van der Waals surface area contributed by atoms with Crippen molar-refractivity contribution in [2.24, 2.45) is 10.9 Å². The Morgan fingerprint density at radius 3 is 2.81 bits per heavy atom. The van der Waals surface area contributed by atoms with Crippen LogP contribution in [0.4, 0.5) is 0 Å². The van der Waals surface area contributed by atoms with Gasteiger partial charge >= 0.3 is 0 Å². The highest BCUT2D eigenvalue weighted by atomic mass is 16.5. The van der Waals surface area contributed by atoms with Crippen LogP contribution < -0.4 is 10.5 Å². The molecule has 0 aliphatic carbocycles. The Labute approximate surface area is 124 Å². The molecule has 1 aliphatic heterocycles. The SMILES string of the molecule is CC1(C)CCCN1C(=O)COc1ccccc1C(N)=NO. The van der Waals surface area contributed by atoms with Gasteiger partial charge in [0.2, 0.25) is 0 Å². The summed E-state index contributed by atoms with van der Waals surface area (Å²) in [4.78, 5) is 14.1. The van der Waals surface area contributed by atoms with Crippen molar-refractivity contribution >= 4 is 11.7 Å². The molecular formula is C15H21N3O3. The van der Waals surface area contributed by atoms with Gasteiger partial charge in [0.15, 0.2) is 12.4 Å². The lowest BCUT2D eigenvalue weighted by atomic mass is 10.0. The van der Waals surface area contributed by atoms with Gasteiger partial charge in [-0.25, -0.2) is 0 Å². The third kappa shape index (κ3) is 3.26. The molecule has 0 spiro atoms. The Morgan fingerprint density at radius 1 is 1.48 bits per heavy atom. The first-order chi connectivity index (χ1) is 9.95. The van der Waals surface area contributed by atoms with E-state index in [2.05, 4.69) is 19.0 Å². The summed E-state index contributed by atoms with van der Waals surface area (Å²) in [6.07, 6.45) is 2.01. The number of hydrogen-bond acceptors (Lipinski definition) is 4. The largest absolute Gasteiger partial charge is 0.483 e. The maximum Gasteiger partial charge on any atom is 0.260 e. The molecule has 0 aromatic heterocycles. The smallest absolute Gasteiger partial charge is 0.260 e. The fraction of sp³-hybridized carbons (Fsp3) is 0.467. The molecule has 21 heavy (non-hydrogen) atoms. The van der Waals surface area contributed by atoms with E-state index in [1.54, 1.807) is 24.3 Å². The summed E-state index contributed by atoms with van der Waals surface area (Å²) in [5.41, 5.74) is 5.94. The number of hydrogen-bond donors (Lipinski definition) is 2. The molecule has 0 atom stereocenters. The lowest BCUT2D eigenvalue weighted by molar-refractivity contribution is -0.136. The summed E-state index contributed by atoms with van der Waals surface area (Å²) < 4.78 is 5.56. The van der Waals surface area contributed by atoms with E-state index >= 15 is 0 Å².